The van der Waals surface area contributed by atoms with Crippen molar-refractivity contribution in [2.75, 3.05) is 18.5 Å². The molecule has 0 saturated heterocycles. The highest BCUT2D eigenvalue weighted by Gasteiger charge is 2.43. The van der Waals surface area contributed by atoms with Crippen LogP contribution in [0.5, 0.6) is 5.75 Å². The van der Waals surface area contributed by atoms with Crippen molar-refractivity contribution in [1.82, 2.24) is 10.2 Å². The molecule has 2 N–H and O–H groups in total. The Morgan fingerprint density at radius 2 is 1.72 bits per heavy atom. The van der Waals surface area contributed by atoms with Gasteiger partial charge in [0.05, 0.1) is 12.6 Å². The third-order valence-electron chi connectivity index (χ3n) is 4.63. The number of phenolic OH excluding ortho intramolecular Hbond substituents is 1. The smallest absolute Gasteiger partial charge is 0.322 e. The summed E-state index contributed by atoms with van der Waals surface area (Å²) in [6.45, 7) is 0.392. The predicted molar refractivity (Wildman–Crippen MR) is 93.0 cm³/mol. The number of hydrogen-bond donors (Lipinski definition) is 2. The highest BCUT2D eigenvalue weighted by atomic mass is 16.3. The minimum absolute atomic E-state index is 0.143. The largest absolute Gasteiger partial charge is 0.508 e. The van der Waals surface area contributed by atoms with E-state index in [0.29, 0.717) is 17.9 Å². The van der Waals surface area contributed by atoms with Crippen molar-refractivity contribution >= 4 is 17.6 Å². The van der Waals surface area contributed by atoms with E-state index in [-0.39, 0.29) is 23.7 Å². The number of benzene rings is 2. The summed E-state index contributed by atoms with van der Waals surface area (Å²) in [5, 5.41) is 12.4. The predicted octanol–water partition coefficient (Wildman–Crippen LogP) is 2.39. The first-order valence-electron chi connectivity index (χ1n) is 7.99. The summed E-state index contributed by atoms with van der Waals surface area (Å²) in [5.41, 5.74) is 2.92. The highest BCUT2D eigenvalue weighted by molar-refractivity contribution is 6.11. The second-order valence-electron chi connectivity index (χ2n) is 6.13. The molecule has 0 bridgehead atoms. The zero-order valence-corrected chi connectivity index (χ0v) is 13.6. The van der Waals surface area contributed by atoms with Crippen molar-refractivity contribution in [2.45, 2.75) is 6.04 Å². The van der Waals surface area contributed by atoms with Gasteiger partial charge in [-0.25, -0.2) is 4.79 Å². The maximum atomic E-state index is 12.9. The van der Waals surface area contributed by atoms with Crippen LogP contribution in [-0.4, -0.2) is 35.5 Å². The van der Waals surface area contributed by atoms with E-state index in [4.69, 9.17) is 0 Å². The van der Waals surface area contributed by atoms with Gasteiger partial charge in [-0.15, -0.1) is 0 Å². The van der Waals surface area contributed by atoms with Crippen LogP contribution in [0.4, 0.5) is 10.5 Å². The number of nitrogens with one attached hydrogen (secondary N) is 1. The third kappa shape index (κ3) is 2.42. The number of anilines is 1. The van der Waals surface area contributed by atoms with Crippen LogP contribution in [0.2, 0.25) is 0 Å². The Morgan fingerprint density at radius 3 is 2.40 bits per heavy atom. The topological polar surface area (TPSA) is 72.9 Å². The van der Waals surface area contributed by atoms with E-state index in [9.17, 15) is 14.7 Å². The minimum Gasteiger partial charge on any atom is -0.508 e. The van der Waals surface area contributed by atoms with Crippen LogP contribution < -0.4 is 10.2 Å². The molecule has 0 radical (unpaired) electrons. The number of amides is 3. The van der Waals surface area contributed by atoms with Crippen molar-refractivity contribution in [1.29, 1.82) is 0 Å². The molecular weight excluding hydrogens is 318 g/mol. The Hall–Kier alpha value is -3.28. The van der Waals surface area contributed by atoms with Gasteiger partial charge in [0.15, 0.2) is 0 Å². The van der Waals surface area contributed by atoms with Gasteiger partial charge in [-0.3, -0.25) is 9.69 Å². The molecule has 1 unspecified atom stereocenters. The average Bonchev–Trinajstić information content (AvgIpc) is 2.97. The van der Waals surface area contributed by atoms with E-state index in [1.165, 1.54) is 4.90 Å². The lowest BCUT2D eigenvalue weighted by atomic mass is 9.96. The minimum atomic E-state index is -0.328. The molecule has 6 nitrogen and oxygen atoms in total. The summed E-state index contributed by atoms with van der Waals surface area (Å²) in [7, 11) is 1.60. The molecule has 0 spiro atoms. The van der Waals surface area contributed by atoms with Crippen LogP contribution in [0, 0.1) is 0 Å². The summed E-state index contributed by atoms with van der Waals surface area (Å²) in [6.07, 6.45) is 0. The Labute approximate surface area is 145 Å². The molecule has 6 heteroatoms. The Balaban J connectivity index is 1.75. The van der Waals surface area contributed by atoms with Crippen molar-refractivity contribution in [3.05, 3.63) is 71.4 Å². The maximum absolute atomic E-state index is 12.9. The number of hydrogen-bond acceptors (Lipinski definition) is 3. The molecule has 0 aromatic heterocycles. The maximum Gasteiger partial charge on any atom is 0.322 e. The van der Waals surface area contributed by atoms with E-state index in [0.717, 1.165) is 11.1 Å². The molecule has 25 heavy (non-hydrogen) atoms. The van der Waals surface area contributed by atoms with Crippen LogP contribution in [0.25, 0.3) is 0 Å². The van der Waals surface area contributed by atoms with Crippen molar-refractivity contribution in [3.63, 3.8) is 0 Å². The lowest BCUT2D eigenvalue weighted by Crippen LogP contribution is -2.45. The summed E-state index contributed by atoms with van der Waals surface area (Å²) >= 11 is 0. The molecule has 126 valence electrons. The fraction of sp³-hybridized carbons (Fsp3) is 0.158. The van der Waals surface area contributed by atoms with E-state index < -0.39 is 0 Å². The average molecular weight is 335 g/mol. The van der Waals surface area contributed by atoms with Crippen molar-refractivity contribution in [3.8, 4) is 5.75 Å². The molecular formula is C19H17N3O3. The van der Waals surface area contributed by atoms with Crippen LogP contribution in [0.15, 0.2) is 65.9 Å². The van der Waals surface area contributed by atoms with Gasteiger partial charge in [0, 0.05) is 18.3 Å². The summed E-state index contributed by atoms with van der Waals surface area (Å²) in [6, 6.07) is 15.5. The SMILES string of the molecule is CN1C(=O)NC(c2ccccc2)C2=C1C(=O)N(c1ccc(O)cc1)C2. The molecule has 2 aliphatic rings. The molecule has 2 heterocycles. The quantitative estimate of drug-likeness (QED) is 0.885. The Kier molecular flexibility index (Phi) is 3.46. The number of rotatable bonds is 2. The van der Waals surface area contributed by atoms with Gasteiger partial charge in [-0.05, 0) is 29.8 Å². The fourth-order valence-electron chi connectivity index (χ4n) is 3.35. The normalized spacial score (nSPS) is 20.0. The van der Waals surface area contributed by atoms with Gasteiger partial charge >= 0.3 is 6.03 Å². The third-order valence-corrected chi connectivity index (χ3v) is 4.63. The summed E-state index contributed by atoms with van der Waals surface area (Å²) in [5.74, 6) is -0.0665. The fourth-order valence-corrected chi connectivity index (χ4v) is 3.35. The number of likely N-dealkylation sites (N-methyl/N-ethyl adjacent to an activating group) is 1. The van der Waals surface area contributed by atoms with Gasteiger partial charge in [0.1, 0.15) is 11.4 Å². The Bertz CT molecular complexity index is 875. The second kappa shape index (κ2) is 5.66. The Morgan fingerprint density at radius 1 is 1.04 bits per heavy atom. The van der Waals surface area contributed by atoms with Crippen molar-refractivity contribution in [2.24, 2.45) is 0 Å². The summed E-state index contributed by atoms with van der Waals surface area (Å²) < 4.78 is 0. The number of phenols is 1. The molecule has 2 aromatic carbocycles. The lowest BCUT2D eigenvalue weighted by molar-refractivity contribution is -0.115. The summed E-state index contributed by atoms with van der Waals surface area (Å²) in [4.78, 5) is 28.3. The molecule has 0 saturated carbocycles. The molecule has 2 aliphatic heterocycles. The number of aromatic hydroxyl groups is 1. The van der Waals surface area contributed by atoms with E-state index >= 15 is 0 Å². The first kappa shape index (κ1) is 15.3. The van der Waals surface area contributed by atoms with E-state index in [1.54, 1.807) is 36.2 Å². The van der Waals surface area contributed by atoms with Gasteiger partial charge in [-0.2, -0.15) is 0 Å². The van der Waals surface area contributed by atoms with E-state index in [2.05, 4.69) is 5.32 Å². The zero-order chi connectivity index (χ0) is 17.6. The highest BCUT2D eigenvalue weighted by Crippen LogP contribution is 2.37. The van der Waals surface area contributed by atoms with Gasteiger partial charge in [-0.1, -0.05) is 30.3 Å². The number of nitrogens with zero attached hydrogens (tertiary/aromatic N) is 2. The monoisotopic (exact) mass is 335 g/mol. The molecule has 0 aliphatic carbocycles. The van der Waals surface area contributed by atoms with Gasteiger partial charge < -0.3 is 15.3 Å². The van der Waals surface area contributed by atoms with Crippen LogP contribution in [0.3, 0.4) is 0 Å². The number of urea groups is 1. The van der Waals surface area contributed by atoms with Crippen LogP contribution >= 0.6 is 0 Å². The van der Waals surface area contributed by atoms with E-state index in [1.807, 2.05) is 30.3 Å². The molecule has 2 aromatic rings. The lowest BCUT2D eigenvalue weighted by Gasteiger charge is -2.31. The molecule has 1 atom stereocenters. The van der Waals surface area contributed by atoms with Crippen molar-refractivity contribution < 1.29 is 14.7 Å². The van der Waals surface area contributed by atoms with Gasteiger partial charge in [0.25, 0.3) is 5.91 Å². The van der Waals surface area contributed by atoms with Crippen LogP contribution in [0.1, 0.15) is 11.6 Å². The first-order chi connectivity index (χ1) is 12.1. The number of carbonyl (C=O) groups is 2. The zero-order valence-electron chi connectivity index (χ0n) is 13.6. The second-order valence-corrected chi connectivity index (χ2v) is 6.13. The first-order valence-corrected chi connectivity index (χ1v) is 7.99. The van der Waals surface area contributed by atoms with Gasteiger partial charge in [0.2, 0.25) is 0 Å². The molecule has 4 rings (SSSR count). The van der Waals surface area contributed by atoms with Crippen LogP contribution in [-0.2, 0) is 4.79 Å². The molecule has 0 fully saturated rings. The standard InChI is InChI=1S/C19H17N3O3/c1-21-17-15(16(20-19(21)25)12-5-3-2-4-6-12)11-22(18(17)24)13-7-9-14(23)10-8-13/h2-10,16,23H,11H2,1H3,(H,20,25). The molecule has 3 amide bonds. The number of carbonyl (C=O) groups excluding carboxylic acids is 2.